The molecule has 0 aliphatic heterocycles. The Morgan fingerprint density at radius 1 is 0.425 bits per heavy atom. The van der Waals surface area contributed by atoms with Crippen LogP contribution in [0.2, 0.25) is 0 Å². The lowest BCUT2D eigenvalue weighted by atomic mass is 9.99. The summed E-state index contributed by atoms with van der Waals surface area (Å²) in [5, 5.41) is 5.13. The second-order valence-electron chi connectivity index (χ2n) is 10.7. The molecule has 0 radical (unpaired) electrons. The zero-order valence-corrected chi connectivity index (χ0v) is 22.4. The molecule has 0 spiro atoms. The Bertz CT molecular complexity index is 2120. The second kappa shape index (κ2) is 9.00. The molecule has 0 atom stereocenters. The first-order chi connectivity index (χ1) is 19.7. The van der Waals surface area contributed by atoms with Crippen LogP contribution in [0.1, 0.15) is 11.1 Å². The lowest BCUT2D eigenvalue weighted by molar-refractivity contribution is 1.01. The van der Waals surface area contributed by atoms with Gasteiger partial charge in [-0.3, -0.25) is 0 Å². The molecule has 6 aromatic carbocycles. The Labute approximate surface area is 233 Å². The van der Waals surface area contributed by atoms with Crippen molar-refractivity contribution in [2.75, 3.05) is 0 Å². The van der Waals surface area contributed by atoms with Crippen molar-refractivity contribution in [2.45, 2.75) is 6.42 Å². The van der Waals surface area contributed by atoms with E-state index in [9.17, 15) is 0 Å². The normalized spacial score (nSPS) is 11.7. The third kappa shape index (κ3) is 3.57. The van der Waals surface area contributed by atoms with Crippen molar-refractivity contribution in [3.05, 3.63) is 151 Å². The van der Waals surface area contributed by atoms with Crippen molar-refractivity contribution in [2.24, 2.45) is 7.05 Å². The van der Waals surface area contributed by atoms with Crippen LogP contribution in [0, 0.1) is 0 Å². The average Bonchev–Trinajstić information content (AvgIpc) is 3.49. The van der Waals surface area contributed by atoms with E-state index in [0.29, 0.717) is 0 Å². The quantitative estimate of drug-likeness (QED) is 0.222. The van der Waals surface area contributed by atoms with Gasteiger partial charge >= 0.3 is 0 Å². The minimum absolute atomic E-state index is 0.953. The minimum Gasteiger partial charge on any atom is -0.344 e. The Morgan fingerprint density at radius 2 is 0.975 bits per heavy atom. The van der Waals surface area contributed by atoms with Crippen LogP contribution in [0.5, 0.6) is 0 Å². The fourth-order valence-corrected chi connectivity index (χ4v) is 6.37. The van der Waals surface area contributed by atoms with Crippen LogP contribution in [0.15, 0.2) is 140 Å². The largest absolute Gasteiger partial charge is 0.344 e. The smallest absolute Gasteiger partial charge is 0.0541 e. The summed E-state index contributed by atoms with van der Waals surface area (Å²) in [6.07, 6.45) is 0.953. The third-order valence-electron chi connectivity index (χ3n) is 8.37. The Hall–Kier alpha value is -5.08. The second-order valence-corrected chi connectivity index (χ2v) is 10.7. The van der Waals surface area contributed by atoms with Crippen molar-refractivity contribution >= 4 is 43.6 Å². The summed E-state index contributed by atoms with van der Waals surface area (Å²) in [5.74, 6) is 0. The summed E-state index contributed by atoms with van der Waals surface area (Å²) < 4.78 is 4.71. The Balaban J connectivity index is 1.26. The maximum atomic E-state index is 2.40. The Kier molecular flexibility index (Phi) is 5.14. The zero-order chi connectivity index (χ0) is 26.6. The lowest BCUT2D eigenvalue weighted by Gasteiger charge is -2.09. The highest BCUT2D eigenvalue weighted by atomic mass is 15.0. The molecule has 0 N–H and O–H groups in total. The van der Waals surface area contributed by atoms with Gasteiger partial charge in [-0.2, -0.15) is 0 Å². The summed E-state index contributed by atoms with van der Waals surface area (Å²) in [7, 11) is 2.17. The molecule has 0 aliphatic rings. The third-order valence-corrected chi connectivity index (χ3v) is 8.37. The summed E-state index contributed by atoms with van der Waals surface area (Å²) in [4.78, 5) is 0. The van der Waals surface area contributed by atoms with Crippen molar-refractivity contribution in [1.29, 1.82) is 0 Å². The molecule has 0 amide bonds. The van der Waals surface area contributed by atoms with Crippen molar-refractivity contribution < 1.29 is 0 Å². The van der Waals surface area contributed by atoms with Crippen LogP contribution >= 0.6 is 0 Å². The molecule has 2 heterocycles. The first-order valence-electron chi connectivity index (χ1n) is 13.9. The SMILES string of the molecule is Cn1c2ccc(-c3ccc(Cc4ccccc4)cc3)cc2c2cc(-n3c4ccccc4c4ccccc43)ccc21. The van der Waals surface area contributed by atoms with Gasteiger partial charge in [0.2, 0.25) is 0 Å². The molecule has 8 aromatic rings. The fraction of sp³-hybridized carbons (Fsp3) is 0.0526. The summed E-state index contributed by atoms with van der Waals surface area (Å²) in [5.41, 5.74) is 11.3. The van der Waals surface area contributed by atoms with E-state index in [2.05, 4.69) is 156 Å². The predicted molar refractivity (Wildman–Crippen MR) is 169 cm³/mol. The van der Waals surface area contributed by atoms with Crippen LogP contribution in [0.3, 0.4) is 0 Å². The van der Waals surface area contributed by atoms with Gasteiger partial charge in [-0.25, -0.2) is 0 Å². The maximum Gasteiger partial charge on any atom is 0.0541 e. The van der Waals surface area contributed by atoms with E-state index >= 15 is 0 Å². The Morgan fingerprint density at radius 3 is 1.68 bits per heavy atom. The number of fused-ring (bicyclic) bond motifs is 6. The molecule has 0 unspecified atom stereocenters. The summed E-state index contributed by atoms with van der Waals surface area (Å²) in [6.45, 7) is 0. The molecule has 0 aliphatic carbocycles. The van der Waals surface area contributed by atoms with Gasteiger partial charge in [-0.1, -0.05) is 97.1 Å². The van der Waals surface area contributed by atoms with E-state index in [1.807, 2.05) is 0 Å². The van der Waals surface area contributed by atoms with Crippen LogP contribution in [0.25, 0.3) is 60.4 Å². The number of hydrogen-bond donors (Lipinski definition) is 0. The molecule has 0 fully saturated rings. The highest BCUT2D eigenvalue weighted by molar-refractivity contribution is 6.12. The van der Waals surface area contributed by atoms with Gasteiger partial charge in [0.25, 0.3) is 0 Å². The fourth-order valence-electron chi connectivity index (χ4n) is 6.37. The number of hydrogen-bond acceptors (Lipinski definition) is 0. The van der Waals surface area contributed by atoms with E-state index in [1.54, 1.807) is 0 Å². The first kappa shape index (κ1) is 22.9. The number of aryl methyl sites for hydroxylation is 1. The molecule has 0 saturated heterocycles. The first-order valence-corrected chi connectivity index (χ1v) is 13.9. The monoisotopic (exact) mass is 512 g/mol. The van der Waals surface area contributed by atoms with E-state index in [0.717, 1.165) is 6.42 Å². The van der Waals surface area contributed by atoms with Gasteiger partial charge in [0.05, 0.1) is 11.0 Å². The summed E-state index contributed by atoms with van der Waals surface area (Å²) >= 11 is 0. The van der Waals surface area contributed by atoms with Gasteiger partial charge in [0, 0.05) is 45.3 Å². The summed E-state index contributed by atoms with van der Waals surface area (Å²) in [6, 6.07) is 50.9. The molecule has 40 heavy (non-hydrogen) atoms. The number of para-hydroxylation sites is 2. The van der Waals surface area contributed by atoms with Gasteiger partial charge in [-0.05, 0) is 71.1 Å². The lowest BCUT2D eigenvalue weighted by Crippen LogP contribution is -1.94. The molecule has 8 rings (SSSR count). The van der Waals surface area contributed by atoms with Gasteiger partial charge in [0.1, 0.15) is 0 Å². The molecule has 190 valence electrons. The molecule has 0 saturated carbocycles. The maximum absolute atomic E-state index is 2.40. The van der Waals surface area contributed by atoms with Crippen LogP contribution in [-0.2, 0) is 13.5 Å². The van der Waals surface area contributed by atoms with E-state index in [4.69, 9.17) is 0 Å². The van der Waals surface area contributed by atoms with Crippen LogP contribution in [0.4, 0.5) is 0 Å². The average molecular weight is 513 g/mol. The topological polar surface area (TPSA) is 9.86 Å². The standard InChI is InChI=1S/C38H28N2/c1-39-35-21-19-29(28-17-15-27(16-18-28)23-26-9-3-2-4-10-26)24-33(35)34-25-30(20-22-36(34)39)40-37-13-7-5-11-31(37)32-12-6-8-14-38(32)40/h2-22,24-25H,23H2,1H3. The van der Waals surface area contributed by atoms with Crippen molar-refractivity contribution in [3.8, 4) is 16.8 Å². The van der Waals surface area contributed by atoms with E-state index in [-0.39, 0.29) is 0 Å². The number of aromatic nitrogens is 2. The molecular weight excluding hydrogens is 484 g/mol. The van der Waals surface area contributed by atoms with Gasteiger partial charge in [0.15, 0.2) is 0 Å². The van der Waals surface area contributed by atoms with Crippen molar-refractivity contribution in [1.82, 2.24) is 9.13 Å². The molecular formula is C38H28N2. The van der Waals surface area contributed by atoms with Crippen LogP contribution < -0.4 is 0 Å². The van der Waals surface area contributed by atoms with E-state index in [1.165, 1.54) is 71.6 Å². The van der Waals surface area contributed by atoms with Gasteiger partial charge < -0.3 is 9.13 Å². The molecule has 2 aromatic heterocycles. The molecule has 2 nitrogen and oxygen atoms in total. The number of rotatable bonds is 4. The van der Waals surface area contributed by atoms with Gasteiger partial charge in [-0.15, -0.1) is 0 Å². The minimum atomic E-state index is 0.953. The predicted octanol–water partition coefficient (Wildman–Crippen LogP) is 9.69. The zero-order valence-electron chi connectivity index (χ0n) is 22.4. The highest BCUT2D eigenvalue weighted by Gasteiger charge is 2.15. The van der Waals surface area contributed by atoms with Crippen LogP contribution in [-0.4, -0.2) is 9.13 Å². The van der Waals surface area contributed by atoms with E-state index < -0.39 is 0 Å². The highest BCUT2D eigenvalue weighted by Crippen LogP contribution is 2.36. The molecule has 2 heteroatoms. The number of benzene rings is 6. The van der Waals surface area contributed by atoms with Crippen molar-refractivity contribution in [3.63, 3.8) is 0 Å². The number of nitrogens with zero attached hydrogens (tertiary/aromatic N) is 2. The molecule has 0 bridgehead atoms.